The van der Waals surface area contributed by atoms with Crippen molar-refractivity contribution >= 4 is 5.96 Å². The van der Waals surface area contributed by atoms with Gasteiger partial charge in [0.25, 0.3) is 0 Å². The maximum Gasteiger partial charge on any atom is 0.191 e. The van der Waals surface area contributed by atoms with E-state index in [1.807, 2.05) is 0 Å². The minimum Gasteiger partial charge on any atom is -0.488 e. The molecule has 1 aliphatic heterocycles. The van der Waals surface area contributed by atoms with Crippen LogP contribution in [-0.2, 0) is 29.2 Å². The van der Waals surface area contributed by atoms with Crippen LogP contribution in [0, 0.1) is 6.92 Å². The Morgan fingerprint density at radius 1 is 1.10 bits per heavy atom. The maximum atomic E-state index is 6.18. The minimum absolute atomic E-state index is 0.133. The number of hydrogen-bond acceptors (Lipinski definition) is 4. The fraction of sp³-hybridized carbons (Fsp3) is 0.435. The number of aliphatic imine (C=N–C) groups is 1. The number of aryl methyl sites for hydroxylation is 1. The van der Waals surface area contributed by atoms with E-state index in [2.05, 4.69) is 65.0 Å². The molecule has 1 saturated heterocycles. The summed E-state index contributed by atoms with van der Waals surface area (Å²) >= 11 is 0. The van der Waals surface area contributed by atoms with Gasteiger partial charge in [0.15, 0.2) is 5.96 Å². The Bertz CT molecular complexity index is 800. The SMILES string of the molecule is CN=C(NCc1ccc(COC)cc1)NCc1ccc(C)cc1OC1CCOC1. The first-order valence-electron chi connectivity index (χ1n) is 10.0. The second-order valence-corrected chi connectivity index (χ2v) is 7.24. The molecule has 1 aliphatic rings. The highest BCUT2D eigenvalue weighted by atomic mass is 16.5. The van der Waals surface area contributed by atoms with Crippen molar-refractivity contribution in [2.24, 2.45) is 4.99 Å². The van der Waals surface area contributed by atoms with E-state index in [0.717, 1.165) is 30.3 Å². The van der Waals surface area contributed by atoms with Gasteiger partial charge in [-0.1, -0.05) is 36.4 Å². The van der Waals surface area contributed by atoms with Crippen LogP contribution >= 0.6 is 0 Å². The highest BCUT2D eigenvalue weighted by molar-refractivity contribution is 5.79. The van der Waals surface area contributed by atoms with Crippen LogP contribution in [0.25, 0.3) is 0 Å². The predicted octanol–water partition coefficient (Wildman–Crippen LogP) is 3.17. The number of nitrogens with zero attached hydrogens (tertiary/aromatic N) is 1. The summed E-state index contributed by atoms with van der Waals surface area (Å²) in [6.07, 6.45) is 1.07. The number of benzene rings is 2. The Morgan fingerprint density at radius 3 is 2.55 bits per heavy atom. The Labute approximate surface area is 173 Å². The molecule has 1 heterocycles. The zero-order valence-electron chi connectivity index (χ0n) is 17.5. The summed E-state index contributed by atoms with van der Waals surface area (Å²) in [5, 5.41) is 6.74. The number of guanidine groups is 1. The van der Waals surface area contributed by atoms with Gasteiger partial charge in [0.05, 0.1) is 19.8 Å². The van der Waals surface area contributed by atoms with Crippen molar-refractivity contribution in [2.75, 3.05) is 27.4 Å². The summed E-state index contributed by atoms with van der Waals surface area (Å²) in [6, 6.07) is 14.7. The summed E-state index contributed by atoms with van der Waals surface area (Å²) in [6.45, 7) is 5.47. The van der Waals surface area contributed by atoms with Gasteiger partial charge in [-0.25, -0.2) is 0 Å². The lowest BCUT2D eigenvalue weighted by molar-refractivity contribution is 0.140. The molecule has 1 atom stereocenters. The second-order valence-electron chi connectivity index (χ2n) is 7.24. The molecule has 0 radical (unpaired) electrons. The first-order chi connectivity index (χ1) is 14.2. The molecule has 0 aliphatic carbocycles. The topological polar surface area (TPSA) is 64.1 Å². The van der Waals surface area contributed by atoms with Crippen LogP contribution in [0.3, 0.4) is 0 Å². The summed E-state index contributed by atoms with van der Waals surface area (Å²) in [7, 11) is 3.48. The zero-order valence-corrected chi connectivity index (χ0v) is 17.5. The number of methoxy groups -OCH3 is 1. The van der Waals surface area contributed by atoms with E-state index in [9.17, 15) is 0 Å². The Balaban J connectivity index is 1.54. The predicted molar refractivity (Wildman–Crippen MR) is 115 cm³/mol. The summed E-state index contributed by atoms with van der Waals surface area (Å²) in [4.78, 5) is 4.33. The smallest absolute Gasteiger partial charge is 0.191 e. The van der Waals surface area contributed by atoms with Crippen LogP contribution in [0.15, 0.2) is 47.5 Å². The van der Waals surface area contributed by atoms with Gasteiger partial charge in [-0.05, 0) is 29.7 Å². The van der Waals surface area contributed by atoms with E-state index in [4.69, 9.17) is 14.2 Å². The van der Waals surface area contributed by atoms with E-state index in [-0.39, 0.29) is 6.10 Å². The van der Waals surface area contributed by atoms with Crippen LogP contribution in [-0.4, -0.2) is 39.4 Å². The van der Waals surface area contributed by atoms with E-state index >= 15 is 0 Å². The van der Waals surface area contributed by atoms with Gasteiger partial charge in [-0.3, -0.25) is 4.99 Å². The number of nitrogens with one attached hydrogen (secondary N) is 2. The average Bonchev–Trinajstić information content (AvgIpc) is 3.24. The van der Waals surface area contributed by atoms with E-state index < -0.39 is 0 Å². The fourth-order valence-corrected chi connectivity index (χ4v) is 3.21. The van der Waals surface area contributed by atoms with Crippen LogP contribution in [0.5, 0.6) is 5.75 Å². The lowest BCUT2D eigenvalue weighted by Gasteiger charge is -2.18. The monoisotopic (exact) mass is 397 g/mol. The van der Waals surface area contributed by atoms with Crippen LogP contribution in [0.4, 0.5) is 0 Å². The highest BCUT2D eigenvalue weighted by Gasteiger charge is 2.18. The van der Waals surface area contributed by atoms with Crippen molar-refractivity contribution in [1.29, 1.82) is 0 Å². The van der Waals surface area contributed by atoms with E-state index in [1.54, 1.807) is 14.2 Å². The van der Waals surface area contributed by atoms with Crippen LogP contribution < -0.4 is 15.4 Å². The van der Waals surface area contributed by atoms with Crippen molar-refractivity contribution in [3.8, 4) is 5.75 Å². The molecule has 0 amide bonds. The summed E-state index contributed by atoms with van der Waals surface area (Å²) in [5.41, 5.74) is 4.64. The second kappa shape index (κ2) is 10.8. The molecule has 3 rings (SSSR count). The van der Waals surface area contributed by atoms with Crippen molar-refractivity contribution in [1.82, 2.24) is 10.6 Å². The summed E-state index contributed by atoms with van der Waals surface area (Å²) in [5.74, 6) is 1.67. The van der Waals surface area contributed by atoms with Gasteiger partial charge in [0.2, 0.25) is 0 Å². The molecule has 0 bridgehead atoms. The van der Waals surface area contributed by atoms with Gasteiger partial charge in [-0.15, -0.1) is 0 Å². The minimum atomic E-state index is 0.133. The van der Waals surface area contributed by atoms with Gasteiger partial charge >= 0.3 is 0 Å². The summed E-state index contributed by atoms with van der Waals surface area (Å²) < 4.78 is 16.8. The Morgan fingerprint density at radius 2 is 1.86 bits per heavy atom. The molecular weight excluding hydrogens is 366 g/mol. The molecule has 2 aromatic rings. The third-order valence-electron chi connectivity index (χ3n) is 4.87. The van der Waals surface area contributed by atoms with Crippen molar-refractivity contribution in [3.05, 3.63) is 64.7 Å². The largest absolute Gasteiger partial charge is 0.488 e. The van der Waals surface area contributed by atoms with Gasteiger partial charge in [0, 0.05) is 39.2 Å². The standard InChI is InChI=1S/C23H31N3O3/c1-17-4-9-20(22(12-17)29-21-10-11-28-16-21)14-26-23(24-2)25-13-18-5-7-19(8-6-18)15-27-3/h4-9,12,21H,10-11,13-16H2,1-3H3,(H2,24,25,26). The molecule has 6 nitrogen and oxygen atoms in total. The maximum absolute atomic E-state index is 6.18. The van der Waals surface area contributed by atoms with Crippen molar-refractivity contribution < 1.29 is 14.2 Å². The molecule has 29 heavy (non-hydrogen) atoms. The molecule has 1 fully saturated rings. The molecule has 2 N–H and O–H groups in total. The fourth-order valence-electron chi connectivity index (χ4n) is 3.21. The molecule has 0 spiro atoms. The lowest BCUT2D eigenvalue weighted by atomic mass is 10.1. The first kappa shape index (κ1) is 21.1. The van der Waals surface area contributed by atoms with E-state index in [1.165, 1.54) is 16.7 Å². The highest BCUT2D eigenvalue weighted by Crippen LogP contribution is 2.23. The number of rotatable bonds is 8. The molecule has 0 saturated carbocycles. The number of ether oxygens (including phenoxy) is 3. The molecular formula is C23H31N3O3. The molecule has 1 unspecified atom stereocenters. The number of hydrogen-bond donors (Lipinski definition) is 2. The molecule has 156 valence electrons. The Hall–Kier alpha value is -2.57. The zero-order chi connectivity index (χ0) is 20.5. The molecule has 6 heteroatoms. The third-order valence-corrected chi connectivity index (χ3v) is 4.87. The van der Waals surface area contributed by atoms with Crippen molar-refractivity contribution in [3.63, 3.8) is 0 Å². The van der Waals surface area contributed by atoms with Crippen LogP contribution in [0.2, 0.25) is 0 Å². The average molecular weight is 398 g/mol. The first-order valence-corrected chi connectivity index (χ1v) is 10.0. The third kappa shape index (κ3) is 6.48. The quantitative estimate of drug-likeness (QED) is 0.529. The Kier molecular flexibility index (Phi) is 7.90. The van der Waals surface area contributed by atoms with Crippen molar-refractivity contribution in [2.45, 2.75) is 39.1 Å². The molecule has 0 aromatic heterocycles. The van der Waals surface area contributed by atoms with E-state index in [0.29, 0.717) is 26.3 Å². The lowest BCUT2D eigenvalue weighted by Crippen LogP contribution is -2.36. The van der Waals surface area contributed by atoms with Gasteiger partial charge in [0.1, 0.15) is 11.9 Å². The van der Waals surface area contributed by atoms with Crippen LogP contribution in [0.1, 0.15) is 28.7 Å². The van der Waals surface area contributed by atoms with Gasteiger partial charge < -0.3 is 24.8 Å². The normalized spacial score (nSPS) is 16.7. The molecule has 2 aromatic carbocycles. The van der Waals surface area contributed by atoms with Gasteiger partial charge in [-0.2, -0.15) is 0 Å².